The first-order chi connectivity index (χ1) is 12.7. The van der Waals surface area contributed by atoms with Crippen molar-refractivity contribution in [2.45, 2.75) is 6.54 Å². The van der Waals surface area contributed by atoms with Crippen molar-refractivity contribution in [2.24, 2.45) is 4.99 Å². The lowest BCUT2D eigenvalue weighted by Gasteiger charge is -2.01. The number of carbonyl (C=O) groups is 1. The summed E-state index contributed by atoms with van der Waals surface area (Å²) in [6, 6.07) is 14.6. The third-order valence-corrected chi connectivity index (χ3v) is 5.07. The number of fused-ring (bicyclic) bond motifs is 2. The Labute approximate surface area is 152 Å². The van der Waals surface area contributed by atoms with Crippen molar-refractivity contribution in [1.29, 1.82) is 0 Å². The monoisotopic (exact) mass is 362 g/mol. The molecule has 0 saturated heterocycles. The first-order valence-corrected chi connectivity index (χ1v) is 8.79. The molecule has 0 unspecified atom stereocenters. The van der Waals surface area contributed by atoms with Crippen molar-refractivity contribution in [3.63, 3.8) is 0 Å². The van der Waals surface area contributed by atoms with Crippen LogP contribution in [0.5, 0.6) is 0 Å². The number of hydrogen-bond donors (Lipinski definition) is 0. The van der Waals surface area contributed by atoms with Crippen molar-refractivity contribution in [2.75, 3.05) is 0 Å². The third-order valence-electron chi connectivity index (χ3n) is 4.01. The zero-order chi connectivity index (χ0) is 18.1. The second kappa shape index (κ2) is 6.57. The summed E-state index contributed by atoms with van der Waals surface area (Å²) >= 11 is 1.39. The number of carbonyl (C=O) groups excluding carboxylic acids is 1. The molecule has 2 aromatic heterocycles. The zero-order valence-corrected chi connectivity index (χ0v) is 14.5. The molecule has 1 amide bonds. The Morgan fingerprint density at radius 1 is 1.19 bits per heavy atom. The molecule has 0 N–H and O–H groups in total. The number of benzene rings is 2. The number of nitrogens with zero attached hydrogens (tertiary/aromatic N) is 2. The van der Waals surface area contributed by atoms with E-state index in [2.05, 4.69) is 11.6 Å². The maximum absolute atomic E-state index is 12.7. The minimum Gasteiger partial charge on any atom is -0.463 e. The van der Waals surface area contributed by atoms with Crippen molar-refractivity contribution in [1.82, 2.24) is 4.57 Å². The predicted octanol–water partition coefficient (Wildman–Crippen LogP) is 3.74. The van der Waals surface area contributed by atoms with Crippen molar-refractivity contribution < 1.29 is 9.21 Å². The van der Waals surface area contributed by atoms with E-state index < -0.39 is 5.91 Å². The molecule has 26 heavy (non-hydrogen) atoms. The maximum Gasteiger partial charge on any atom is 0.286 e. The SMILES string of the molecule is C=CCn1c(=NC(=O)c2coc3ccccc3c2=O)sc2ccccc21. The summed E-state index contributed by atoms with van der Waals surface area (Å²) in [6.45, 7) is 4.28. The van der Waals surface area contributed by atoms with E-state index in [0.717, 1.165) is 10.2 Å². The van der Waals surface area contributed by atoms with Crippen LogP contribution in [-0.2, 0) is 6.54 Å². The highest BCUT2D eigenvalue weighted by Gasteiger charge is 2.14. The molecule has 2 aromatic carbocycles. The Balaban J connectivity index is 1.89. The summed E-state index contributed by atoms with van der Waals surface area (Å²) in [5.41, 5.74) is 0.954. The molecular weight excluding hydrogens is 348 g/mol. The van der Waals surface area contributed by atoms with Gasteiger partial charge in [0.05, 0.1) is 15.6 Å². The van der Waals surface area contributed by atoms with Crippen LogP contribution in [0.15, 0.2) is 81.7 Å². The first kappa shape index (κ1) is 16.2. The van der Waals surface area contributed by atoms with Gasteiger partial charge >= 0.3 is 0 Å². The molecule has 0 saturated carbocycles. The highest BCUT2D eigenvalue weighted by atomic mass is 32.1. The molecule has 4 rings (SSSR count). The van der Waals surface area contributed by atoms with Crippen molar-refractivity contribution >= 4 is 38.4 Å². The van der Waals surface area contributed by atoms with Gasteiger partial charge < -0.3 is 8.98 Å². The fraction of sp³-hybridized carbons (Fsp3) is 0.0500. The Bertz CT molecular complexity index is 1280. The lowest BCUT2D eigenvalue weighted by molar-refractivity contribution is 0.0995. The molecule has 0 spiro atoms. The highest BCUT2D eigenvalue weighted by Crippen LogP contribution is 2.17. The first-order valence-electron chi connectivity index (χ1n) is 7.98. The van der Waals surface area contributed by atoms with E-state index >= 15 is 0 Å². The van der Waals surface area contributed by atoms with Crippen LogP contribution in [0, 0.1) is 0 Å². The highest BCUT2D eigenvalue weighted by molar-refractivity contribution is 7.16. The van der Waals surface area contributed by atoms with Crippen LogP contribution < -0.4 is 10.2 Å². The Morgan fingerprint density at radius 3 is 2.81 bits per heavy atom. The lowest BCUT2D eigenvalue weighted by atomic mass is 10.2. The topological polar surface area (TPSA) is 64.6 Å². The molecule has 0 atom stereocenters. The Hall–Kier alpha value is -3.25. The minimum absolute atomic E-state index is 0.0775. The molecule has 0 fully saturated rings. The quantitative estimate of drug-likeness (QED) is 0.522. The molecule has 0 aliphatic carbocycles. The number of aromatic nitrogens is 1. The van der Waals surface area contributed by atoms with Crippen LogP contribution in [0.2, 0.25) is 0 Å². The normalized spacial score (nSPS) is 11.9. The molecule has 0 aliphatic rings. The number of rotatable bonds is 3. The average molecular weight is 362 g/mol. The number of amides is 1. The molecule has 4 aromatic rings. The molecule has 6 heteroatoms. The van der Waals surface area contributed by atoms with Gasteiger partial charge in [0.1, 0.15) is 17.4 Å². The van der Waals surface area contributed by atoms with Gasteiger partial charge in [-0.2, -0.15) is 4.99 Å². The van der Waals surface area contributed by atoms with E-state index in [9.17, 15) is 9.59 Å². The van der Waals surface area contributed by atoms with E-state index in [1.165, 1.54) is 17.6 Å². The van der Waals surface area contributed by atoms with Gasteiger partial charge in [-0.3, -0.25) is 9.59 Å². The van der Waals surface area contributed by atoms with Gasteiger partial charge in [-0.1, -0.05) is 41.7 Å². The summed E-state index contributed by atoms with van der Waals surface area (Å²) in [5.74, 6) is -0.617. The Morgan fingerprint density at radius 2 is 1.96 bits per heavy atom. The standard InChI is InChI=1S/C20H14N2O3S/c1-2-11-22-15-8-4-6-10-17(15)26-20(22)21-19(24)14-12-25-16-9-5-3-7-13(16)18(14)23/h2-10,12H,1,11H2. The summed E-state index contributed by atoms with van der Waals surface area (Å²) in [7, 11) is 0. The predicted molar refractivity (Wildman–Crippen MR) is 102 cm³/mol. The van der Waals surface area contributed by atoms with E-state index in [1.807, 2.05) is 28.8 Å². The number of allylic oxidation sites excluding steroid dienone is 1. The van der Waals surface area contributed by atoms with E-state index in [4.69, 9.17) is 4.42 Å². The van der Waals surface area contributed by atoms with Crippen LogP contribution in [0.4, 0.5) is 0 Å². The smallest absolute Gasteiger partial charge is 0.286 e. The second-order valence-electron chi connectivity index (χ2n) is 5.64. The summed E-state index contributed by atoms with van der Waals surface area (Å²) in [5, 5.41) is 0.365. The largest absolute Gasteiger partial charge is 0.463 e. The van der Waals surface area contributed by atoms with Crippen LogP contribution in [-0.4, -0.2) is 10.5 Å². The third kappa shape index (κ3) is 2.70. The lowest BCUT2D eigenvalue weighted by Crippen LogP contribution is -2.19. The van der Waals surface area contributed by atoms with Gasteiger partial charge in [0, 0.05) is 6.54 Å². The van der Waals surface area contributed by atoms with Gasteiger partial charge in [-0.15, -0.1) is 6.58 Å². The molecule has 128 valence electrons. The fourth-order valence-electron chi connectivity index (χ4n) is 2.78. The van der Waals surface area contributed by atoms with E-state index in [0.29, 0.717) is 22.3 Å². The van der Waals surface area contributed by atoms with Gasteiger partial charge in [0.15, 0.2) is 4.80 Å². The number of thiazole rings is 1. The van der Waals surface area contributed by atoms with Crippen LogP contribution >= 0.6 is 11.3 Å². The van der Waals surface area contributed by atoms with Gasteiger partial charge in [-0.25, -0.2) is 0 Å². The number of para-hydroxylation sites is 2. The average Bonchev–Trinajstić information content (AvgIpc) is 3.00. The molecular formula is C20H14N2O3S. The molecule has 0 aliphatic heterocycles. The van der Waals surface area contributed by atoms with Gasteiger partial charge in [0.2, 0.25) is 5.43 Å². The van der Waals surface area contributed by atoms with Gasteiger partial charge in [0.25, 0.3) is 5.91 Å². The van der Waals surface area contributed by atoms with Crippen molar-refractivity contribution in [3.05, 3.63) is 88.0 Å². The Kier molecular flexibility index (Phi) is 4.10. The fourth-order valence-corrected chi connectivity index (χ4v) is 3.82. The molecule has 2 heterocycles. The maximum atomic E-state index is 12.7. The second-order valence-corrected chi connectivity index (χ2v) is 6.65. The summed E-state index contributed by atoms with van der Waals surface area (Å²) in [6.07, 6.45) is 2.93. The summed E-state index contributed by atoms with van der Waals surface area (Å²) < 4.78 is 8.32. The van der Waals surface area contributed by atoms with E-state index in [1.54, 1.807) is 30.3 Å². The van der Waals surface area contributed by atoms with Crippen molar-refractivity contribution in [3.8, 4) is 0 Å². The van der Waals surface area contributed by atoms with Gasteiger partial charge in [-0.05, 0) is 24.3 Å². The molecule has 0 radical (unpaired) electrons. The number of hydrogen-bond acceptors (Lipinski definition) is 4. The van der Waals surface area contributed by atoms with Crippen LogP contribution in [0.3, 0.4) is 0 Å². The van der Waals surface area contributed by atoms with Crippen LogP contribution in [0.1, 0.15) is 10.4 Å². The molecule has 5 nitrogen and oxygen atoms in total. The minimum atomic E-state index is -0.617. The van der Waals surface area contributed by atoms with E-state index in [-0.39, 0.29) is 11.0 Å². The van der Waals surface area contributed by atoms with Crippen LogP contribution in [0.25, 0.3) is 21.2 Å². The zero-order valence-electron chi connectivity index (χ0n) is 13.7. The summed E-state index contributed by atoms with van der Waals surface area (Å²) in [4.78, 5) is 29.9. The molecule has 0 bridgehead atoms.